The average molecular weight is 541 g/mol. The fraction of sp³-hybridized carbons (Fsp3) is 0.379. The molecule has 2 heterocycles. The maximum Gasteiger partial charge on any atom is 0.240 e. The number of aromatic nitrogens is 1. The number of thioether (sulfide) groups is 1. The standard InChI is InChI=1S/C29H34F2N4O2S/c1-34(15-4-16-35(2)29(36)26-20-38-28(33-26)23-5-3-14-32-19-23)17-18-37-27(21-6-10-24(30)11-7-21)22-8-12-25(31)13-9-22/h3,5-14,19,26-28,33H,4,15-18,20H2,1-2H3. The molecule has 1 N–H and O–H groups in total. The number of hydrogen-bond donors (Lipinski definition) is 1. The van der Waals surface area contributed by atoms with Crippen LogP contribution in [0.1, 0.15) is 34.6 Å². The first-order valence-corrected chi connectivity index (χ1v) is 13.8. The van der Waals surface area contributed by atoms with E-state index in [4.69, 9.17) is 4.74 Å². The molecule has 3 aromatic rings. The number of likely N-dealkylation sites (N-methyl/N-ethyl adjacent to an activating group) is 2. The predicted molar refractivity (Wildman–Crippen MR) is 147 cm³/mol. The highest BCUT2D eigenvalue weighted by Crippen LogP contribution is 2.32. The molecule has 1 aliphatic heterocycles. The molecule has 1 fully saturated rings. The molecule has 0 radical (unpaired) electrons. The summed E-state index contributed by atoms with van der Waals surface area (Å²) in [6.07, 6.45) is 4.00. The molecule has 1 amide bonds. The molecule has 1 saturated heterocycles. The first-order valence-electron chi connectivity index (χ1n) is 12.7. The maximum atomic E-state index is 13.4. The smallest absolute Gasteiger partial charge is 0.240 e. The number of nitrogens with zero attached hydrogens (tertiary/aromatic N) is 3. The number of benzene rings is 2. The van der Waals surface area contributed by atoms with Crippen molar-refractivity contribution in [2.24, 2.45) is 0 Å². The van der Waals surface area contributed by atoms with E-state index in [0.717, 1.165) is 35.4 Å². The number of rotatable bonds is 12. The Kier molecular flexibility index (Phi) is 10.2. The van der Waals surface area contributed by atoms with Crippen LogP contribution in [0.3, 0.4) is 0 Å². The van der Waals surface area contributed by atoms with Crippen molar-refractivity contribution in [1.82, 2.24) is 20.1 Å². The van der Waals surface area contributed by atoms with Gasteiger partial charge in [0.2, 0.25) is 5.91 Å². The van der Waals surface area contributed by atoms with Gasteiger partial charge in [0.25, 0.3) is 0 Å². The summed E-state index contributed by atoms with van der Waals surface area (Å²) >= 11 is 1.73. The first-order chi connectivity index (χ1) is 18.4. The summed E-state index contributed by atoms with van der Waals surface area (Å²) in [6.45, 7) is 2.61. The van der Waals surface area contributed by atoms with Crippen LogP contribution >= 0.6 is 11.8 Å². The molecule has 2 atom stereocenters. The lowest BCUT2D eigenvalue weighted by atomic mass is 10.0. The minimum Gasteiger partial charge on any atom is -0.367 e. The van der Waals surface area contributed by atoms with Crippen molar-refractivity contribution in [1.29, 1.82) is 0 Å². The van der Waals surface area contributed by atoms with Gasteiger partial charge in [-0.2, -0.15) is 0 Å². The number of hydrogen-bond acceptors (Lipinski definition) is 6. The minimum atomic E-state index is -0.416. The van der Waals surface area contributed by atoms with Crippen LogP contribution in [0.15, 0.2) is 73.1 Å². The molecule has 4 rings (SSSR count). The zero-order valence-corrected chi connectivity index (χ0v) is 22.5. The van der Waals surface area contributed by atoms with Gasteiger partial charge in [-0.05, 0) is 67.0 Å². The Morgan fingerprint density at radius 1 is 1.03 bits per heavy atom. The van der Waals surface area contributed by atoms with Gasteiger partial charge in [-0.15, -0.1) is 11.8 Å². The SMILES string of the molecule is CN(CCCN(C)C(=O)C1CSC(c2cccnc2)N1)CCOC(c1ccc(F)cc1)c1ccc(F)cc1. The van der Waals surface area contributed by atoms with E-state index >= 15 is 0 Å². The van der Waals surface area contributed by atoms with Crippen LogP contribution in [0.25, 0.3) is 0 Å². The van der Waals surface area contributed by atoms with Crippen LogP contribution in [-0.4, -0.2) is 72.8 Å². The summed E-state index contributed by atoms with van der Waals surface area (Å²) in [4.78, 5) is 21.0. The van der Waals surface area contributed by atoms with Crippen LogP contribution in [0, 0.1) is 11.6 Å². The normalized spacial score (nSPS) is 17.3. The molecule has 6 nitrogen and oxygen atoms in total. The maximum absolute atomic E-state index is 13.4. The Bertz CT molecular complexity index is 1110. The average Bonchev–Trinajstić information content (AvgIpc) is 3.43. The zero-order valence-electron chi connectivity index (χ0n) is 21.7. The summed E-state index contributed by atoms with van der Waals surface area (Å²) in [5, 5.41) is 3.51. The first kappa shape index (κ1) is 28.2. The van der Waals surface area contributed by atoms with Crippen LogP contribution in [0.5, 0.6) is 0 Å². The summed E-state index contributed by atoms with van der Waals surface area (Å²) < 4.78 is 33.0. The van der Waals surface area contributed by atoms with Crippen molar-refractivity contribution >= 4 is 17.7 Å². The number of nitrogens with one attached hydrogen (secondary N) is 1. The monoisotopic (exact) mass is 540 g/mol. The Hall–Kier alpha value is -2.85. The van der Waals surface area contributed by atoms with Crippen molar-refractivity contribution in [2.75, 3.05) is 46.1 Å². The summed E-state index contributed by atoms with van der Waals surface area (Å²) in [5.74, 6) is 0.218. The molecular formula is C29H34F2N4O2S. The van der Waals surface area contributed by atoms with Crippen molar-refractivity contribution in [3.05, 3.63) is 101 Å². The highest BCUT2D eigenvalue weighted by atomic mass is 32.2. The molecular weight excluding hydrogens is 506 g/mol. The molecule has 1 aliphatic rings. The molecule has 0 spiro atoms. The molecule has 202 valence electrons. The Labute approximate surface area is 227 Å². The van der Waals surface area contributed by atoms with E-state index in [1.807, 2.05) is 32.4 Å². The van der Waals surface area contributed by atoms with Crippen molar-refractivity contribution in [3.8, 4) is 0 Å². The van der Waals surface area contributed by atoms with Gasteiger partial charge in [-0.25, -0.2) is 8.78 Å². The minimum absolute atomic E-state index is 0.0887. The summed E-state index contributed by atoms with van der Waals surface area (Å²) in [5.41, 5.74) is 2.70. The van der Waals surface area contributed by atoms with Crippen LogP contribution in [-0.2, 0) is 9.53 Å². The number of ether oxygens (including phenoxy) is 1. The molecule has 1 aromatic heterocycles. The molecule has 0 bridgehead atoms. The van der Waals surface area contributed by atoms with Gasteiger partial charge in [0.05, 0.1) is 18.0 Å². The van der Waals surface area contributed by atoms with Crippen molar-refractivity contribution in [2.45, 2.75) is 23.9 Å². The van der Waals surface area contributed by atoms with Gasteiger partial charge in [-0.3, -0.25) is 15.1 Å². The number of amides is 1. The van der Waals surface area contributed by atoms with Crippen molar-refractivity contribution in [3.63, 3.8) is 0 Å². The predicted octanol–water partition coefficient (Wildman–Crippen LogP) is 4.65. The van der Waals surface area contributed by atoms with Crippen LogP contribution in [0.2, 0.25) is 0 Å². The van der Waals surface area contributed by atoms with E-state index in [0.29, 0.717) is 19.7 Å². The molecule has 0 aliphatic carbocycles. The van der Waals surface area contributed by atoms with Gasteiger partial charge in [0.15, 0.2) is 0 Å². The van der Waals surface area contributed by atoms with E-state index < -0.39 is 6.10 Å². The highest BCUT2D eigenvalue weighted by molar-refractivity contribution is 7.99. The quantitative estimate of drug-likeness (QED) is 0.361. The Morgan fingerprint density at radius 2 is 1.68 bits per heavy atom. The number of pyridine rings is 1. The second kappa shape index (κ2) is 13.8. The summed E-state index contributed by atoms with van der Waals surface area (Å²) in [6, 6.07) is 16.1. The molecule has 2 aromatic carbocycles. The van der Waals surface area contributed by atoms with E-state index in [9.17, 15) is 13.6 Å². The lowest BCUT2D eigenvalue weighted by Crippen LogP contribution is -2.44. The van der Waals surface area contributed by atoms with Crippen LogP contribution < -0.4 is 5.32 Å². The van der Waals surface area contributed by atoms with E-state index in [-0.39, 0.29) is 29.0 Å². The van der Waals surface area contributed by atoms with Gasteiger partial charge >= 0.3 is 0 Å². The second-order valence-corrected chi connectivity index (χ2v) is 10.6. The Morgan fingerprint density at radius 3 is 2.29 bits per heavy atom. The molecule has 2 unspecified atom stereocenters. The third-order valence-electron chi connectivity index (χ3n) is 6.58. The zero-order chi connectivity index (χ0) is 26.9. The van der Waals surface area contributed by atoms with Crippen molar-refractivity contribution < 1.29 is 18.3 Å². The lowest BCUT2D eigenvalue weighted by molar-refractivity contribution is -0.131. The van der Waals surface area contributed by atoms with Gasteiger partial charge in [0, 0.05) is 38.3 Å². The second-order valence-electron chi connectivity index (χ2n) is 9.49. The van der Waals surface area contributed by atoms with E-state index in [2.05, 4.69) is 15.2 Å². The lowest BCUT2D eigenvalue weighted by Gasteiger charge is -2.24. The molecule has 0 saturated carbocycles. The van der Waals surface area contributed by atoms with E-state index in [1.54, 1.807) is 47.1 Å². The molecule has 38 heavy (non-hydrogen) atoms. The third kappa shape index (κ3) is 7.83. The fourth-order valence-electron chi connectivity index (χ4n) is 4.39. The number of carbonyl (C=O) groups excluding carboxylic acids is 1. The fourth-order valence-corrected chi connectivity index (χ4v) is 5.61. The van der Waals surface area contributed by atoms with Gasteiger partial charge in [0.1, 0.15) is 17.7 Å². The number of carbonyl (C=O) groups is 1. The topological polar surface area (TPSA) is 57.7 Å². The van der Waals surface area contributed by atoms with Gasteiger partial charge < -0.3 is 14.5 Å². The Balaban J connectivity index is 1.20. The van der Waals surface area contributed by atoms with E-state index in [1.165, 1.54) is 24.3 Å². The molecule has 9 heteroatoms. The number of halogens is 2. The highest BCUT2D eigenvalue weighted by Gasteiger charge is 2.32. The third-order valence-corrected chi connectivity index (χ3v) is 7.85. The van der Waals surface area contributed by atoms with Gasteiger partial charge in [-0.1, -0.05) is 30.3 Å². The van der Waals surface area contributed by atoms with Crippen LogP contribution in [0.4, 0.5) is 8.78 Å². The largest absolute Gasteiger partial charge is 0.367 e. The summed E-state index contributed by atoms with van der Waals surface area (Å²) in [7, 11) is 3.87.